The Morgan fingerprint density at radius 3 is 2.48 bits per heavy atom. The van der Waals surface area contributed by atoms with Crippen molar-refractivity contribution >= 4 is 33.1 Å². The van der Waals surface area contributed by atoms with Crippen LogP contribution in [0.25, 0.3) is 0 Å². The molecule has 0 unspecified atom stereocenters. The zero-order valence-electron chi connectivity index (χ0n) is 11.2. The van der Waals surface area contributed by atoms with E-state index in [9.17, 15) is 8.42 Å². The Morgan fingerprint density at radius 1 is 1.19 bits per heavy atom. The lowest BCUT2D eigenvalue weighted by atomic mass is 10.2. The molecule has 0 aliphatic carbocycles. The van der Waals surface area contributed by atoms with Gasteiger partial charge in [-0.2, -0.15) is 8.42 Å². The summed E-state index contributed by atoms with van der Waals surface area (Å²) in [6, 6.07) is 13.1. The summed E-state index contributed by atoms with van der Waals surface area (Å²) in [7, 11) is -3.93. The quantitative estimate of drug-likeness (QED) is 0.664. The number of benzene rings is 2. The molecule has 5 nitrogen and oxygen atoms in total. The van der Waals surface area contributed by atoms with Crippen molar-refractivity contribution in [1.29, 1.82) is 0 Å². The smallest absolute Gasteiger partial charge is 0.339 e. The maximum Gasteiger partial charge on any atom is 0.339 e. The van der Waals surface area contributed by atoms with E-state index in [0.29, 0.717) is 11.3 Å². The minimum Gasteiger partial charge on any atom is -0.379 e. The fourth-order valence-corrected chi connectivity index (χ4v) is 3.04. The van der Waals surface area contributed by atoms with Crippen LogP contribution < -0.4 is 15.2 Å². The van der Waals surface area contributed by atoms with Crippen molar-refractivity contribution < 1.29 is 12.6 Å². The number of nitrogens with two attached hydrogens (primary N) is 1. The van der Waals surface area contributed by atoms with Crippen molar-refractivity contribution in [2.45, 2.75) is 11.8 Å². The van der Waals surface area contributed by atoms with E-state index >= 15 is 0 Å². The van der Waals surface area contributed by atoms with Gasteiger partial charge in [0.15, 0.2) is 5.11 Å². The fourth-order valence-electron chi connectivity index (χ4n) is 1.74. The van der Waals surface area contributed by atoms with E-state index in [0.717, 1.165) is 0 Å². The largest absolute Gasteiger partial charge is 0.379 e. The van der Waals surface area contributed by atoms with Crippen molar-refractivity contribution in [2.75, 3.05) is 5.32 Å². The number of aryl methyl sites for hydroxylation is 1. The Labute approximate surface area is 128 Å². The molecule has 2 aromatic rings. The Kier molecular flexibility index (Phi) is 4.44. The third kappa shape index (κ3) is 3.93. The van der Waals surface area contributed by atoms with Crippen LogP contribution in [0.1, 0.15) is 5.56 Å². The first-order valence-electron chi connectivity index (χ1n) is 6.05. The molecule has 0 saturated carbocycles. The van der Waals surface area contributed by atoms with Crippen LogP contribution in [-0.2, 0) is 10.1 Å². The molecular formula is C14H14N2O3S2. The molecule has 3 N–H and O–H groups in total. The van der Waals surface area contributed by atoms with E-state index in [-0.39, 0.29) is 15.8 Å². The van der Waals surface area contributed by atoms with Gasteiger partial charge in [0.2, 0.25) is 0 Å². The molecule has 7 heteroatoms. The minimum atomic E-state index is -3.93. The monoisotopic (exact) mass is 322 g/mol. The molecule has 0 aliphatic heterocycles. The second-order valence-corrected chi connectivity index (χ2v) is 6.27. The van der Waals surface area contributed by atoms with E-state index in [1.54, 1.807) is 49.4 Å². The lowest BCUT2D eigenvalue weighted by molar-refractivity contribution is 0.485. The van der Waals surface area contributed by atoms with E-state index in [4.69, 9.17) is 22.1 Å². The summed E-state index contributed by atoms with van der Waals surface area (Å²) >= 11 is 4.74. The Balaban J connectivity index is 2.37. The van der Waals surface area contributed by atoms with Gasteiger partial charge in [-0.05, 0) is 49.0 Å². The highest BCUT2D eigenvalue weighted by Gasteiger charge is 2.20. The third-order valence-electron chi connectivity index (χ3n) is 2.67. The maximum atomic E-state index is 12.3. The van der Waals surface area contributed by atoms with Gasteiger partial charge in [0, 0.05) is 5.69 Å². The molecule has 2 aromatic carbocycles. The predicted molar refractivity (Wildman–Crippen MR) is 85.8 cm³/mol. The molecule has 0 spiro atoms. The molecule has 0 aliphatic rings. The minimum absolute atomic E-state index is 0.0613. The lowest BCUT2D eigenvalue weighted by Gasteiger charge is -2.11. The van der Waals surface area contributed by atoms with Crippen molar-refractivity contribution in [2.24, 2.45) is 5.73 Å². The number of anilines is 1. The average molecular weight is 322 g/mol. The van der Waals surface area contributed by atoms with Crippen LogP contribution in [0.2, 0.25) is 0 Å². The van der Waals surface area contributed by atoms with Crippen molar-refractivity contribution in [3.63, 3.8) is 0 Å². The van der Waals surface area contributed by atoms with E-state index in [1.165, 1.54) is 6.07 Å². The third-order valence-corrected chi connectivity index (χ3v) is 4.17. The van der Waals surface area contributed by atoms with E-state index < -0.39 is 10.1 Å². The first-order valence-corrected chi connectivity index (χ1v) is 7.87. The van der Waals surface area contributed by atoms with Crippen molar-refractivity contribution in [3.05, 3.63) is 54.1 Å². The van der Waals surface area contributed by atoms with E-state index in [1.807, 2.05) is 0 Å². The normalized spacial score (nSPS) is 10.9. The van der Waals surface area contributed by atoms with Gasteiger partial charge in [0.25, 0.3) is 0 Å². The number of thiocarbonyl (C=S) groups is 1. The summed E-state index contributed by atoms with van der Waals surface area (Å²) in [5.74, 6) is 0.254. The summed E-state index contributed by atoms with van der Waals surface area (Å²) < 4.78 is 29.8. The zero-order valence-corrected chi connectivity index (χ0v) is 12.9. The van der Waals surface area contributed by atoms with Crippen LogP contribution in [0.5, 0.6) is 5.75 Å². The highest BCUT2D eigenvalue weighted by molar-refractivity contribution is 7.87. The van der Waals surface area contributed by atoms with Crippen molar-refractivity contribution in [1.82, 2.24) is 0 Å². The van der Waals surface area contributed by atoms with Crippen LogP contribution in [-0.4, -0.2) is 13.5 Å². The number of para-hydroxylation sites is 1. The highest BCUT2D eigenvalue weighted by Crippen LogP contribution is 2.24. The molecule has 110 valence electrons. The summed E-state index contributed by atoms with van der Waals surface area (Å²) in [5.41, 5.74) is 6.44. The zero-order chi connectivity index (χ0) is 15.5. The molecule has 2 rings (SSSR count). The van der Waals surface area contributed by atoms with Gasteiger partial charge >= 0.3 is 10.1 Å². The summed E-state index contributed by atoms with van der Waals surface area (Å²) in [6.07, 6.45) is 0. The standard InChI is InChI=1S/C14H14N2O3S2/c1-10-7-8-11(16-14(15)20)9-13(10)21(17,18)19-12-5-3-2-4-6-12/h2-9H,1H3,(H3,15,16,20). The fraction of sp³-hybridized carbons (Fsp3) is 0.0714. The summed E-state index contributed by atoms with van der Waals surface area (Å²) in [6.45, 7) is 1.69. The van der Waals surface area contributed by atoms with E-state index in [2.05, 4.69) is 5.32 Å². The van der Waals surface area contributed by atoms with Crippen LogP contribution in [0.15, 0.2) is 53.4 Å². The van der Waals surface area contributed by atoms with Gasteiger partial charge in [-0.25, -0.2) is 0 Å². The first kappa shape index (κ1) is 15.3. The molecule has 21 heavy (non-hydrogen) atoms. The predicted octanol–water partition coefficient (Wildman–Crippen LogP) is 2.42. The SMILES string of the molecule is Cc1ccc(NC(N)=S)cc1S(=O)(=O)Oc1ccccc1. The Bertz CT molecular complexity index is 759. The highest BCUT2D eigenvalue weighted by atomic mass is 32.2. The molecule has 0 bridgehead atoms. The number of nitrogens with one attached hydrogen (secondary N) is 1. The van der Waals surface area contributed by atoms with Crippen molar-refractivity contribution in [3.8, 4) is 5.75 Å². The van der Waals surface area contributed by atoms with Crippen LogP contribution in [0, 0.1) is 6.92 Å². The molecule has 0 atom stereocenters. The van der Waals surface area contributed by atoms with Gasteiger partial charge in [-0.15, -0.1) is 0 Å². The molecule has 0 heterocycles. The van der Waals surface area contributed by atoms with Crippen LogP contribution >= 0.6 is 12.2 Å². The number of hydrogen-bond acceptors (Lipinski definition) is 4. The Morgan fingerprint density at radius 2 is 1.86 bits per heavy atom. The molecule has 0 aromatic heterocycles. The molecular weight excluding hydrogens is 308 g/mol. The second kappa shape index (κ2) is 6.11. The second-order valence-electron chi connectivity index (χ2n) is 4.32. The van der Waals surface area contributed by atoms with Gasteiger partial charge in [0.1, 0.15) is 10.6 Å². The number of hydrogen-bond donors (Lipinski definition) is 2. The van der Waals surface area contributed by atoms with Gasteiger partial charge in [-0.3, -0.25) is 0 Å². The summed E-state index contributed by atoms with van der Waals surface area (Å²) in [5, 5.41) is 2.76. The summed E-state index contributed by atoms with van der Waals surface area (Å²) in [4.78, 5) is 0.0626. The average Bonchev–Trinajstić information content (AvgIpc) is 2.41. The molecule has 0 radical (unpaired) electrons. The van der Waals surface area contributed by atoms with Crippen LogP contribution in [0.4, 0.5) is 5.69 Å². The molecule has 0 amide bonds. The van der Waals surface area contributed by atoms with Gasteiger partial charge in [0.05, 0.1) is 0 Å². The molecule has 0 saturated heterocycles. The van der Waals surface area contributed by atoms with Gasteiger partial charge in [-0.1, -0.05) is 24.3 Å². The number of rotatable bonds is 4. The van der Waals surface area contributed by atoms with Gasteiger partial charge < -0.3 is 15.2 Å². The first-order chi connectivity index (χ1) is 9.88. The Hall–Kier alpha value is -2.12. The van der Waals surface area contributed by atoms with Crippen LogP contribution in [0.3, 0.4) is 0 Å². The topological polar surface area (TPSA) is 81.4 Å². The maximum absolute atomic E-state index is 12.3. The lowest BCUT2D eigenvalue weighted by Crippen LogP contribution is -2.19. The molecule has 0 fully saturated rings.